The minimum Gasteiger partial charge on any atom is -0.481 e. The van der Waals surface area contributed by atoms with Gasteiger partial charge in [-0.3, -0.25) is 4.79 Å². The number of nitrogens with one attached hydrogen (secondary N) is 1. The summed E-state index contributed by atoms with van der Waals surface area (Å²) >= 11 is 0. The highest BCUT2D eigenvalue weighted by Crippen LogP contribution is 2.32. The van der Waals surface area contributed by atoms with E-state index in [1.54, 1.807) is 0 Å². The SMILES string of the molecule is CCn1c2ccccc2c2cc(NC(=O)C(C)Oc3cccc4c3CCCC4)ccc21. The van der Waals surface area contributed by atoms with Gasteiger partial charge in [-0.15, -0.1) is 0 Å². The molecule has 1 aromatic heterocycles. The maximum absolute atomic E-state index is 12.9. The summed E-state index contributed by atoms with van der Waals surface area (Å²) in [6.07, 6.45) is 3.96. The van der Waals surface area contributed by atoms with Gasteiger partial charge in [0.2, 0.25) is 0 Å². The van der Waals surface area contributed by atoms with Gasteiger partial charge in [0.1, 0.15) is 5.75 Å². The number of rotatable bonds is 5. The Morgan fingerprint density at radius 1 is 1.00 bits per heavy atom. The lowest BCUT2D eigenvalue weighted by Crippen LogP contribution is -2.30. The van der Waals surface area contributed by atoms with Crippen molar-refractivity contribution in [3.05, 3.63) is 71.8 Å². The predicted octanol–water partition coefficient (Wildman–Crippen LogP) is 6.10. The topological polar surface area (TPSA) is 43.3 Å². The number of fused-ring (bicyclic) bond motifs is 4. The minimum atomic E-state index is -0.568. The van der Waals surface area contributed by atoms with Gasteiger partial charge in [-0.25, -0.2) is 0 Å². The Hall–Kier alpha value is -3.27. The van der Waals surface area contributed by atoms with Gasteiger partial charge in [-0.2, -0.15) is 0 Å². The van der Waals surface area contributed by atoms with Gasteiger partial charge in [-0.1, -0.05) is 30.3 Å². The molecule has 1 amide bonds. The van der Waals surface area contributed by atoms with Crippen LogP contribution in [-0.4, -0.2) is 16.6 Å². The van der Waals surface area contributed by atoms with E-state index in [9.17, 15) is 4.79 Å². The van der Waals surface area contributed by atoms with Gasteiger partial charge >= 0.3 is 0 Å². The number of hydrogen-bond acceptors (Lipinski definition) is 2. The molecular formula is C27H28N2O2. The van der Waals surface area contributed by atoms with Crippen LogP contribution in [0.3, 0.4) is 0 Å². The number of carbonyl (C=O) groups excluding carboxylic acids is 1. The standard InChI is InChI=1S/C27H28N2O2/c1-3-29-24-13-7-6-12-22(24)23-17-20(15-16-25(23)29)28-27(30)18(2)31-26-14-8-10-19-9-4-5-11-21(19)26/h6-8,10,12-18H,3-5,9,11H2,1-2H3,(H,28,30). The zero-order valence-corrected chi connectivity index (χ0v) is 18.2. The molecule has 0 aliphatic heterocycles. The molecule has 0 saturated carbocycles. The van der Waals surface area contributed by atoms with E-state index in [1.165, 1.54) is 40.4 Å². The van der Waals surface area contributed by atoms with Gasteiger partial charge in [0.25, 0.3) is 5.91 Å². The number of aromatic nitrogens is 1. The third-order valence-corrected chi connectivity index (χ3v) is 6.38. The van der Waals surface area contributed by atoms with Crippen LogP contribution in [0.4, 0.5) is 5.69 Å². The molecule has 4 heteroatoms. The highest BCUT2D eigenvalue weighted by molar-refractivity contribution is 6.10. The van der Waals surface area contributed by atoms with Gasteiger partial charge in [-0.05, 0) is 81.0 Å². The molecule has 1 atom stereocenters. The first-order chi connectivity index (χ1) is 15.2. The summed E-state index contributed by atoms with van der Waals surface area (Å²) < 4.78 is 8.42. The fourth-order valence-corrected chi connectivity index (χ4v) is 4.82. The molecule has 31 heavy (non-hydrogen) atoms. The number of anilines is 1. The number of benzene rings is 3. The second kappa shape index (κ2) is 8.10. The van der Waals surface area contributed by atoms with Crippen LogP contribution in [0.2, 0.25) is 0 Å². The number of para-hydroxylation sites is 1. The van der Waals surface area contributed by atoms with Crippen LogP contribution in [0.1, 0.15) is 37.8 Å². The third-order valence-electron chi connectivity index (χ3n) is 6.38. The molecule has 1 aliphatic carbocycles. The molecule has 1 heterocycles. The van der Waals surface area contributed by atoms with Crippen molar-refractivity contribution in [3.8, 4) is 5.75 Å². The van der Waals surface area contributed by atoms with E-state index in [0.29, 0.717) is 0 Å². The van der Waals surface area contributed by atoms with E-state index in [-0.39, 0.29) is 5.91 Å². The average molecular weight is 413 g/mol. The highest BCUT2D eigenvalue weighted by atomic mass is 16.5. The normalized spacial score (nSPS) is 14.4. The van der Waals surface area contributed by atoms with Crippen molar-refractivity contribution in [2.24, 2.45) is 0 Å². The Morgan fingerprint density at radius 3 is 2.68 bits per heavy atom. The smallest absolute Gasteiger partial charge is 0.265 e. The lowest BCUT2D eigenvalue weighted by atomic mass is 9.91. The summed E-state index contributed by atoms with van der Waals surface area (Å²) in [4.78, 5) is 12.9. The Kier molecular flexibility index (Phi) is 5.14. The summed E-state index contributed by atoms with van der Waals surface area (Å²) in [5.41, 5.74) is 5.81. The van der Waals surface area contributed by atoms with Gasteiger partial charge in [0, 0.05) is 34.0 Å². The molecule has 0 radical (unpaired) electrons. The maximum atomic E-state index is 12.9. The second-order valence-electron chi connectivity index (χ2n) is 8.34. The number of ether oxygens (including phenoxy) is 1. The summed E-state index contributed by atoms with van der Waals surface area (Å²) in [5.74, 6) is 0.716. The van der Waals surface area contributed by atoms with Gasteiger partial charge < -0.3 is 14.6 Å². The zero-order valence-electron chi connectivity index (χ0n) is 18.2. The largest absolute Gasteiger partial charge is 0.481 e. The van der Waals surface area contributed by atoms with Gasteiger partial charge in [0.05, 0.1) is 0 Å². The Morgan fingerprint density at radius 2 is 1.81 bits per heavy atom. The van der Waals surface area contributed by atoms with Crippen LogP contribution in [0.5, 0.6) is 5.75 Å². The number of aryl methyl sites for hydroxylation is 2. The first-order valence-corrected chi connectivity index (χ1v) is 11.2. The van der Waals surface area contributed by atoms with Crippen LogP contribution < -0.4 is 10.1 Å². The zero-order chi connectivity index (χ0) is 21.4. The molecule has 4 nitrogen and oxygen atoms in total. The number of carbonyl (C=O) groups is 1. The molecular weight excluding hydrogens is 384 g/mol. The summed E-state index contributed by atoms with van der Waals surface area (Å²) in [7, 11) is 0. The lowest BCUT2D eigenvalue weighted by Gasteiger charge is -2.22. The maximum Gasteiger partial charge on any atom is 0.265 e. The third kappa shape index (κ3) is 3.56. The molecule has 0 saturated heterocycles. The van der Waals surface area contributed by atoms with Crippen molar-refractivity contribution in [2.45, 2.75) is 52.2 Å². The van der Waals surface area contributed by atoms with Crippen molar-refractivity contribution < 1.29 is 9.53 Å². The Balaban J connectivity index is 1.38. The highest BCUT2D eigenvalue weighted by Gasteiger charge is 2.20. The van der Waals surface area contributed by atoms with Crippen molar-refractivity contribution in [1.82, 2.24) is 4.57 Å². The first kappa shape index (κ1) is 19.7. The van der Waals surface area contributed by atoms with Gasteiger partial charge in [0.15, 0.2) is 6.10 Å². The van der Waals surface area contributed by atoms with E-state index in [4.69, 9.17) is 4.74 Å². The molecule has 1 N–H and O–H groups in total. The molecule has 3 aromatic carbocycles. The van der Waals surface area contributed by atoms with Crippen molar-refractivity contribution in [1.29, 1.82) is 0 Å². The second-order valence-corrected chi connectivity index (χ2v) is 8.34. The van der Waals surface area contributed by atoms with E-state index >= 15 is 0 Å². The van der Waals surface area contributed by atoms with Crippen LogP contribution >= 0.6 is 0 Å². The number of nitrogens with zero attached hydrogens (tertiary/aromatic N) is 1. The van der Waals surface area contributed by atoms with E-state index in [1.807, 2.05) is 25.1 Å². The van der Waals surface area contributed by atoms with Crippen LogP contribution in [0, 0.1) is 0 Å². The average Bonchev–Trinajstić information content (AvgIpc) is 3.12. The van der Waals surface area contributed by atoms with Crippen molar-refractivity contribution >= 4 is 33.4 Å². The molecule has 0 fully saturated rings. The van der Waals surface area contributed by atoms with E-state index in [0.717, 1.165) is 36.2 Å². The van der Waals surface area contributed by atoms with Crippen LogP contribution in [-0.2, 0) is 24.2 Å². The molecule has 1 aliphatic rings. The molecule has 0 spiro atoms. The molecule has 5 rings (SSSR count). The minimum absolute atomic E-state index is 0.132. The summed E-state index contributed by atoms with van der Waals surface area (Å²) in [6, 6.07) is 20.7. The molecule has 0 bridgehead atoms. The lowest BCUT2D eigenvalue weighted by molar-refractivity contribution is -0.122. The number of amides is 1. The predicted molar refractivity (Wildman–Crippen MR) is 127 cm³/mol. The Bertz CT molecular complexity index is 1270. The van der Waals surface area contributed by atoms with Crippen molar-refractivity contribution in [3.63, 3.8) is 0 Å². The Labute approximate surface area is 182 Å². The van der Waals surface area contributed by atoms with Crippen LogP contribution in [0.15, 0.2) is 60.7 Å². The fourth-order valence-electron chi connectivity index (χ4n) is 4.82. The van der Waals surface area contributed by atoms with Crippen molar-refractivity contribution in [2.75, 3.05) is 5.32 Å². The first-order valence-electron chi connectivity index (χ1n) is 11.2. The monoisotopic (exact) mass is 412 g/mol. The quantitative estimate of drug-likeness (QED) is 0.430. The fraction of sp³-hybridized carbons (Fsp3) is 0.296. The van der Waals surface area contributed by atoms with Crippen LogP contribution in [0.25, 0.3) is 21.8 Å². The molecule has 158 valence electrons. The molecule has 4 aromatic rings. The van der Waals surface area contributed by atoms with E-state index in [2.05, 4.69) is 59.3 Å². The summed E-state index contributed by atoms with van der Waals surface area (Å²) in [5, 5.41) is 5.41. The molecule has 1 unspecified atom stereocenters. The number of hydrogen-bond donors (Lipinski definition) is 1. The van der Waals surface area contributed by atoms with E-state index < -0.39 is 6.10 Å². The summed E-state index contributed by atoms with van der Waals surface area (Å²) in [6.45, 7) is 4.88.